The lowest BCUT2D eigenvalue weighted by Crippen LogP contribution is -2.30. The molecule has 6 nitrogen and oxygen atoms in total. The van der Waals surface area contributed by atoms with Crippen LogP contribution in [-0.4, -0.2) is 37.2 Å². The molecule has 0 aliphatic heterocycles. The van der Waals surface area contributed by atoms with Gasteiger partial charge in [-0.2, -0.15) is 0 Å². The molecule has 0 saturated heterocycles. The van der Waals surface area contributed by atoms with Gasteiger partial charge in [0.15, 0.2) is 6.10 Å². The van der Waals surface area contributed by atoms with Crippen LogP contribution in [0.3, 0.4) is 0 Å². The Morgan fingerprint density at radius 2 is 0.627 bits per heavy atom. The maximum absolute atomic E-state index is 12.8. The Kier molecular flexibility index (Phi) is 45.9. The zero-order valence-corrected chi connectivity index (χ0v) is 39.0. The molecular weight excluding hydrogens is 733 g/mol. The van der Waals surface area contributed by atoms with Gasteiger partial charge in [-0.25, -0.2) is 0 Å². The third-order valence-electron chi connectivity index (χ3n) is 10.8. The SMILES string of the molecule is CCCC/C=C\CCCCCCCC(=O)OCC(COC(=O)CCCCCCC/C=C\C/C=C\CCCCCC)OC(=O)CCCCCCC/C=C\CCCCCCC. The van der Waals surface area contributed by atoms with E-state index in [0.717, 1.165) is 96.3 Å². The van der Waals surface area contributed by atoms with Crippen LogP contribution in [0.5, 0.6) is 0 Å². The van der Waals surface area contributed by atoms with Gasteiger partial charge in [0.1, 0.15) is 13.2 Å². The van der Waals surface area contributed by atoms with Crippen LogP contribution in [0.1, 0.15) is 252 Å². The average Bonchev–Trinajstić information content (AvgIpc) is 3.23. The Balaban J connectivity index is 4.40. The Hall–Kier alpha value is -2.63. The van der Waals surface area contributed by atoms with Crippen LogP contribution >= 0.6 is 0 Å². The minimum atomic E-state index is -0.784. The molecule has 0 heterocycles. The van der Waals surface area contributed by atoms with Crippen LogP contribution in [0.4, 0.5) is 0 Å². The van der Waals surface area contributed by atoms with Gasteiger partial charge in [0.25, 0.3) is 0 Å². The largest absolute Gasteiger partial charge is 0.462 e. The molecule has 0 aliphatic carbocycles. The Morgan fingerprint density at radius 3 is 1.02 bits per heavy atom. The molecule has 59 heavy (non-hydrogen) atoms. The van der Waals surface area contributed by atoms with E-state index in [4.69, 9.17) is 14.2 Å². The van der Waals surface area contributed by atoms with Gasteiger partial charge in [-0.3, -0.25) is 14.4 Å². The van der Waals surface area contributed by atoms with E-state index in [1.165, 1.54) is 116 Å². The van der Waals surface area contributed by atoms with Gasteiger partial charge in [0.2, 0.25) is 0 Å². The molecule has 0 N–H and O–H groups in total. The van der Waals surface area contributed by atoms with E-state index in [0.29, 0.717) is 19.3 Å². The fourth-order valence-corrected chi connectivity index (χ4v) is 6.92. The summed E-state index contributed by atoms with van der Waals surface area (Å²) in [4.78, 5) is 37.9. The van der Waals surface area contributed by atoms with Gasteiger partial charge in [-0.05, 0) is 96.3 Å². The fourth-order valence-electron chi connectivity index (χ4n) is 6.92. The van der Waals surface area contributed by atoms with Gasteiger partial charge in [-0.1, -0.05) is 185 Å². The summed E-state index contributed by atoms with van der Waals surface area (Å²) in [6, 6.07) is 0. The van der Waals surface area contributed by atoms with E-state index in [-0.39, 0.29) is 31.1 Å². The fraction of sp³-hybridized carbons (Fsp3) is 0.792. The molecule has 6 heteroatoms. The zero-order valence-electron chi connectivity index (χ0n) is 39.0. The number of allylic oxidation sites excluding steroid dienone is 8. The van der Waals surface area contributed by atoms with E-state index < -0.39 is 6.10 Å². The molecule has 0 spiro atoms. The van der Waals surface area contributed by atoms with Crippen molar-refractivity contribution in [3.8, 4) is 0 Å². The van der Waals surface area contributed by atoms with Crippen LogP contribution in [0.15, 0.2) is 48.6 Å². The molecule has 0 fully saturated rings. The summed E-state index contributed by atoms with van der Waals surface area (Å²) < 4.78 is 16.7. The topological polar surface area (TPSA) is 78.9 Å². The normalized spacial score (nSPS) is 12.4. The molecular formula is C53H94O6. The van der Waals surface area contributed by atoms with Crippen LogP contribution in [-0.2, 0) is 28.6 Å². The number of carbonyl (C=O) groups is 3. The summed E-state index contributed by atoms with van der Waals surface area (Å²) in [6.45, 7) is 6.55. The number of hydrogen-bond acceptors (Lipinski definition) is 6. The standard InChI is InChI=1S/C53H94O6/c1-4-7-10-13-16-19-22-24-26-27-29-31-34-37-40-43-46-52(55)58-49-50(48-57-51(54)45-42-39-36-33-30-21-18-15-12-9-6-3)59-53(56)47-44-41-38-35-32-28-25-23-20-17-14-11-8-5-2/h15,18-19,22-23,25-27,50H,4-14,16-17,20-21,24,28-49H2,1-3H3/b18-15-,22-19-,25-23-,27-26-. The third-order valence-corrected chi connectivity index (χ3v) is 10.8. The van der Waals surface area contributed by atoms with Gasteiger partial charge in [0, 0.05) is 19.3 Å². The van der Waals surface area contributed by atoms with E-state index in [1.54, 1.807) is 0 Å². The molecule has 1 atom stereocenters. The second kappa shape index (κ2) is 48.0. The zero-order chi connectivity index (χ0) is 43.0. The predicted molar refractivity (Wildman–Crippen MR) is 252 cm³/mol. The van der Waals surface area contributed by atoms with Gasteiger partial charge >= 0.3 is 17.9 Å². The number of carbonyl (C=O) groups excluding carboxylic acids is 3. The number of ether oxygens (including phenoxy) is 3. The predicted octanol–water partition coefficient (Wildman–Crippen LogP) is 16.3. The summed E-state index contributed by atoms with van der Waals surface area (Å²) in [5, 5.41) is 0. The van der Waals surface area contributed by atoms with Crippen molar-refractivity contribution in [1.82, 2.24) is 0 Å². The second-order valence-corrected chi connectivity index (χ2v) is 16.7. The minimum absolute atomic E-state index is 0.0851. The highest BCUT2D eigenvalue weighted by Gasteiger charge is 2.19. The molecule has 0 amide bonds. The number of hydrogen-bond donors (Lipinski definition) is 0. The van der Waals surface area contributed by atoms with Crippen molar-refractivity contribution in [2.24, 2.45) is 0 Å². The van der Waals surface area contributed by atoms with E-state index in [9.17, 15) is 14.4 Å². The molecule has 0 aliphatic rings. The lowest BCUT2D eigenvalue weighted by Gasteiger charge is -2.18. The van der Waals surface area contributed by atoms with Crippen molar-refractivity contribution in [2.45, 2.75) is 258 Å². The van der Waals surface area contributed by atoms with Crippen LogP contribution in [0.2, 0.25) is 0 Å². The molecule has 0 aromatic heterocycles. The minimum Gasteiger partial charge on any atom is -0.462 e. The van der Waals surface area contributed by atoms with Crippen molar-refractivity contribution < 1.29 is 28.6 Å². The van der Waals surface area contributed by atoms with Crippen LogP contribution in [0, 0.1) is 0 Å². The smallest absolute Gasteiger partial charge is 0.306 e. The highest BCUT2D eigenvalue weighted by atomic mass is 16.6. The van der Waals surface area contributed by atoms with Gasteiger partial charge in [0.05, 0.1) is 0 Å². The highest BCUT2D eigenvalue weighted by molar-refractivity contribution is 5.71. The summed E-state index contributed by atoms with van der Waals surface area (Å²) in [6.07, 6.45) is 56.6. The maximum Gasteiger partial charge on any atom is 0.306 e. The lowest BCUT2D eigenvalue weighted by molar-refractivity contribution is -0.167. The number of unbranched alkanes of at least 4 members (excludes halogenated alkanes) is 26. The molecule has 0 radical (unpaired) electrons. The highest BCUT2D eigenvalue weighted by Crippen LogP contribution is 2.14. The number of esters is 3. The summed E-state index contributed by atoms with van der Waals surface area (Å²) in [5.74, 6) is -0.913. The molecule has 1 unspecified atom stereocenters. The van der Waals surface area contributed by atoms with E-state index in [1.807, 2.05) is 0 Å². The molecule has 0 aromatic carbocycles. The first-order chi connectivity index (χ1) is 29.0. The van der Waals surface area contributed by atoms with Crippen molar-refractivity contribution >= 4 is 17.9 Å². The summed E-state index contributed by atoms with van der Waals surface area (Å²) in [7, 11) is 0. The Labute approximate surface area is 365 Å². The number of rotatable bonds is 45. The maximum atomic E-state index is 12.8. The summed E-state index contributed by atoms with van der Waals surface area (Å²) >= 11 is 0. The molecule has 0 bridgehead atoms. The van der Waals surface area contributed by atoms with Crippen molar-refractivity contribution in [3.63, 3.8) is 0 Å². The molecule has 0 aromatic rings. The quantitative estimate of drug-likeness (QED) is 0.0263. The monoisotopic (exact) mass is 827 g/mol. The van der Waals surface area contributed by atoms with Crippen molar-refractivity contribution in [3.05, 3.63) is 48.6 Å². The molecule has 0 saturated carbocycles. The first-order valence-electron chi connectivity index (χ1n) is 25.1. The van der Waals surface area contributed by atoms with E-state index >= 15 is 0 Å². The van der Waals surface area contributed by atoms with E-state index in [2.05, 4.69) is 69.4 Å². The first kappa shape index (κ1) is 56.4. The molecule has 0 rings (SSSR count). The average molecular weight is 827 g/mol. The Morgan fingerprint density at radius 1 is 0.339 bits per heavy atom. The summed E-state index contributed by atoms with van der Waals surface area (Å²) in [5.41, 5.74) is 0. The van der Waals surface area contributed by atoms with Crippen molar-refractivity contribution in [1.29, 1.82) is 0 Å². The second-order valence-electron chi connectivity index (χ2n) is 16.7. The first-order valence-corrected chi connectivity index (χ1v) is 25.1. The third kappa shape index (κ3) is 46.3. The van der Waals surface area contributed by atoms with Gasteiger partial charge < -0.3 is 14.2 Å². The van der Waals surface area contributed by atoms with Gasteiger partial charge in [-0.15, -0.1) is 0 Å². The molecule has 342 valence electrons. The Bertz CT molecular complexity index is 1040. The van der Waals surface area contributed by atoms with Crippen LogP contribution in [0.25, 0.3) is 0 Å². The van der Waals surface area contributed by atoms with Crippen LogP contribution < -0.4 is 0 Å². The lowest BCUT2D eigenvalue weighted by atomic mass is 10.1. The van der Waals surface area contributed by atoms with Crippen molar-refractivity contribution in [2.75, 3.05) is 13.2 Å².